The Morgan fingerprint density at radius 1 is 0.966 bits per heavy atom. The van der Waals surface area contributed by atoms with Crippen molar-refractivity contribution < 1.29 is 19.1 Å². The summed E-state index contributed by atoms with van der Waals surface area (Å²) < 4.78 is 10.8. The van der Waals surface area contributed by atoms with E-state index in [4.69, 9.17) is 9.47 Å². The van der Waals surface area contributed by atoms with Crippen LogP contribution in [-0.4, -0.2) is 55.7 Å². The smallest absolute Gasteiger partial charge is 0.255 e. The van der Waals surface area contributed by atoms with Crippen LogP contribution in [0.15, 0.2) is 48.5 Å². The van der Waals surface area contributed by atoms with Gasteiger partial charge in [0.15, 0.2) is 0 Å². The number of hydrogen-bond acceptors (Lipinski definition) is 5. The topological polar surface area (TPSA) is 79.9 Å². The van der Waals surface area contributed by atoms with E-state index in [1.54, 1.807) is 55.6 Å². The van der Waals surface area contributed by atoms with E-state index in [1.165, 1.54) is 0 Å². The molecule has 2 atom stereocenters. The van der Waals surface area contributed by atoms with Gasteiger partial charge in [-0.2, -0.15) is 0 Å². The normalized spacial score (nSPS) is 19.4. The quantitative estimate of drug-likeness (QED) is 0.783. The largest absolute Gasteiger partial charge is 0.497 e. The van der Waals surface area contributed by atoms with Crippen LogP contribution in [0.1, 0.15) is 24.2 Å². The number of methoxy groups -OCH3 is 1. The molecule has 0 radical (unpaired) electrons. The highest BCUT2D eigenvalue weighted by Gasteiger charge is 2.23. The highest BCUT2D eigenvalue weighted by atomic mass is 16.5. The summed E-state index contributed by atoms with van der Waals surface area (Å²) in [5.41, 5.74) is 1.85. The molecule has 2 aromatic carbocycles. The number of anilines is 2. The minimum atomic E-state index is -0.218. The number of morpholine rings is 1. The lowest BCUT2D eigenvalue weighted by Gasteiger charge is -2.34. The van der Waals surface area contributed by atoms with E-state index in [1.807, 2.05) is 13.8 Å². The van der Waals surface area contributed by atoms with Gasteiger partial charge in [0.2, 0.25) is 5.91 Å². The third-order valence-electron chi connectivity index (χ3n) is 4.64. The molecule has 1 heterocycles. The second kappa shape index (κ2) is 9.54. The van der Waals surface area contributed by atoms with Crippen LogP contribution in [-0.2, 0) is 9.53 Å². The maximum Gasteiger partial charge on any atom is 0.255 e. The second-order valence-corrected chi connectivity index (χ2v) is 7.26. The molecule has 1 fully saturated rings. The van der Waals surface area contributed by atoms with E-state index in [2.05, 4.69) is 15.5 Å². The first kappa shape index (κ1) is 20.8. The van der Waals surface area contributed by atoms with Crippen LogP contribution in [0.2, 0.25) is 0 Å². The Hall–Kier alpha value is -2.90. The molecule has 2 amide bonds. The molecule has 3 rings (SSSR count). The van der Waals surface area contributed by atoms with Crippen LogP contribution >= 0.6 is 0 Å². The summed E-state index contributed by atoms with van der Waals surface area (Å²) in [5.74, 6) is 0.426. The van der Waals surface area contributed by atoms with Gasteiger partial charge < -0.3 is 20.1 Å². The SMILES string of the molecule is COc1ccc(NC(=O)c2ccc(NC(=O)CN3C[C@@H](C)O[C@H](C)C3)cc2)cc1. The van der Waals surface area contributed by atoms with Crippen LogP contribution < -0.4 is 15.4 Å². The van der Waals surface area contributed by atoms with Gasteiger partial charge in [-0.25, -0.2) is 0 Å². The van der Waals surface area contributed by atoms with Crippen molar-refractivity contribution in [1.29, 1.82) is 0 Å². The fraction of sp³-hybridized carbons (Fsp3) is 0.364. The monoisotopic (exact) mass is 397 g/mol. The van der Waals surface area contributed by atoms with Crippen LogP contribution in [0.5, 0.6) is 5.75 Å². The molecule has 0 unspecified atom stereocenters. The molecule has 29 heavy (non-hydrogen) atoms. The molecule has 0 spiro atoms. The van der Waals surface area contributed by atoms with Crippen LogP contribution in [0.4, 0.5) is 11.4 Å². The van der Waals surface area contributed by atoms with Crippen molar-refractivity contribution in [3.05, 3.63) is 54.1 Å². The molecular formula is C22H27N3O4. The summed E-state index contributed by atoms with van der Waals surface area (Å²) in [7, 11) is 1.59. The van der Waals surface area contributed by atoms with Crippen molar-refractivity contribution in [2.24, 2.45) is 0 Å². The van der Waals surface area contributed by atoms with E-state index in [-0.39, 0.29) is 24.0 Å². The number of carbonyl (C=O) groups is 2. The molecule has 0 bridgehead atoms. The molecule has 0 aromatic heterocycles. The molecule has 1 saturated heterocycles. The third kappa shape index (κ3) is 6.04. The number of benzene rings is 2. The first-order valence-electron chi connectivity index (χ1n) is 9.66. The number of amides is 2. The second-order valence-electron chi connectivity index (χ2n) is 7.26. The van der Waals surface area contributed by atoms with Crippen molar-refractivity contribution >= 4 is 23.2 Å². The fourth-order valence-electron chi connectivity index (χ4n) is 3.40. The number of ether oxygens (including phenoxy) is 2. The number of nitrogens with zero attached hydrogens (tertiary/aromatic N) is 1. The highest BCUT2D eigenvalue weighted by molar-refractivity contribution is 6.04. The van der Waals surface area contributed by atoms with Crippen molar-refractivity contribution in [2.45, 2.75) is 26.1 Å². The van der Waals surface area contributed by atoms with Gasteiger partial charge in [0.25, 0.3) is 5.91 Å². The molecule has 154 valence electrons. The molecular weight excluding hydrogens is 370 g/mol. The summed E-state index contributed by atoms with van der Waals surface area (Å²) in [6.07, 6.45) is 0.241. The van der Waals surface area contributed by atoms with Gasteiger partial charge in [0.1, 0.15) is 5.75 Å². The fourth-order valence-corrected chi connectivity index (χ4v) is 3.40. The first-order valence-corrected chi connectivity index (χ1v) is 9.66. The van der Waals surface area contributed by atoms with Gasteiger partial charge in [-0.3, -0.25) is 14.5 Å². The standard InChI is InChI=1S/C22H27N3O4/c1-15-12-25(13-16(2)29-15)14-21(26)23-18-6-4-17(5-7-18)22(27)24-19-8-10-20(28-3)11-9-19/h4-11,15-16H,12-14H2,1-3H3,(H,23,26)(H,24,27)/t15-,16-/m1/s1. The first-order chi connectivity index (χ1) is 13.9. The van der Waals surface area contributed by atoms with E-state index in [0.717, 1.165) is 18.8 Å². The zero-order chi connectivity index (χ0) is 20.8. The molecule has 2 aromatic rings. The zero-order valence-corrected chi connectivity index (χ0v) is 17.0. The number of carbonyl (C=O) groups excluding carboxylic acids is 2. The van der Waals surface area contributed by atoms with Gasteiger partial charge in [-0.1, -0.05) is 0 Å². The van der Waals surface area contributed by atoms with Crippen molar-refractivity contribution in [1.82, 2.24) is 4.90 Å². The molecule has 2 N–H and O–H groups in total. The zero-order valence-electron chi connectivity index (χ0n) is 17.0. The van der Waals surface area contributed by atoms with E-state index < -0.39 is 0 Å². The van der Waals surface area contributed by atoms with E-state index in [9.17, 15) is 9.59 Å². The molecule has 1 aliphatic rings. The minimum Gasteiger partial charge on any atom is -0.497 e. The molecule has 7 nitrogen and oxygen atoms in total. The Labute approximate surface area is 171 Å². The van der Waals surface area contributed by atoms with Crippen molar-refractivity contribution in [2.75, 3.05) is 37.4 Å². The van der Waals surface area contributed by atoms with Crippen LogP contribution in [0.25, 0.3) is 0 Å². The van der Waals surface area contributed by atoms with E-state index in [0.29, 0.717) is 23.5 Å². The molecule has 1 aliphatic heterocycles. The number of rotatable bonds is 6. The van der Waals surface area contributed by atoms with Gasteiger partial charge in [-0.05, 0) is 62.4 Å². The van der Waals surface area contributed by atoms with Crippen LogP contribution in [0.3, 0.4) is 0 Å². The molecule has 0 aliphatic carbocycles. The summed E-state index contributed by atoms with van der Waals surface area (Å²) in [6.45, 7) is 5.81. The summed E-state index contributed by atoms with van der Waals surface area (Å²) >= 11 is 0. The Balaban J connectivity index is 1.52. The molecule has 7 heteroatoms. The minimum absolute atomic E-state index is 0.0817. The average Bonchev–Trinajstić information content (AvgIpc) is 2.68. The lowest BCUT2D eigenvalue weighted by molar-refractivity contribution is -0.121. The number of hydrogen-bond donors (Lipinski definition) is 2. The average molecular weight is 397 g/mol. The van der Waals surface area contributed by atoms with Gasteiger partial charge in [-0.15, -0.1) is 0 Å². The van der Waals surface area contributed by atoms with Gasteiger partial charge in [0, 0.05) is 30.0 Å². The lowest BCUT2D eigenvalue weighted by atomic mass is 10.2. The Morgan fingerprint density at radius 3 is 2.10 bits per heavy atom. The Kier molecular flexibility index (Phi) is 6.85. The summed E-state index contributed by atoms with van der Waals surface area (Å²) in [4.78, 5) is 26.8. The Morgan fingerprint density at radius 2 is 1.52 bits per heavy atom. The van der Waals surface area contributed by atoms with Crippen molar-refractivity contribution in [3.63, 3.8) is 0 Å². The predicted octanol–water partition coefficient (Wildman–Crippen LogP) is 3.00. The van der Waals surface area contributed by atoms with Crippen LogP contribution in [0, 0.1) is 0 Å². The third-order valence-corrected chi connectivity index (χ3v) is 4.64. The van der Waals surface area contributed by atoms with E-state index >= 15 is 0 Å². The lowest BCUT2D eigenvalue weighted by Crippen LogP contribution is -2.48. The summed E-state index contributed by atoms with van der Waals surface area (Å²) in [5, 5.41) is 5.71. The summed E-state index contributed by atoms with van der Waals surface area (Å²) in [6, 6.07) is 13.9. The Bertz CT molecular complexity index is 826. The highest BCUT2D eigenvalue weighted by Crippen LogP contribution is 2.17. The van der Waals surface area contributed by atoms with Gasteiger partial charge >= 0.3 is 0 Å². The molecule has 0 saturated carbocycles. The van der Waals surface area contributed by atoms with Crippen molar-refractivity contribution in [3.8, 4) is 5.75 Å². The predicted molar refractivity (Wildman–Crippen MR) is 112 cm³/mol. The maximum atomic E-state index is 12.4. The maximum absolute atomic E-state index is 12.4. The number of nitrogens with one attached hydrogen (secondary N) is 2. The van der Waals surface area contributed by atoms with Gasteiger partial charge in [0.05, 0.1) is 25.9 Å².